The second-order valence-corrected chi connectivity index (χ2v) is 5.00. The van der Waals surface area contributed by atoms with Gasteiger partial charge in [-0.05, 0) is 25.1 Å². The zero-order valence-corrected chi connectivity index (χ0v) is 9.80. The first-order chi connectivity index (χ1) is 8.03. The van der Waals surface area contributed by atoms with Gasteiger partial charge in [-0.15, -0.1) is 0 Å². The lowest BCUT2D eigenvalue weighted by Gasteiger charge is -2.07. The molecule has 0 spiro atoms. The highest BCUT2D eigenvalue weighted by atomic mass is 32.2. The summed E-state index contributed by atoms with van der Waals surface area (Å²) in [6, 6.07) is 5.01. The third kappa shape index (κ3) is 3.23. The van der Waals surface area contributed by atoms with E-state index in [9.17, 15) is 12.8 Å². The summed E-state index contributed by atoms with van der Waals surface area (Å²) in [4.78, 5) is -0.350. The highest BCUT2D eigenvalue weighted by Gasteiger charge is 2.20. The van der Waals surface area contributed by atoms with Crippen molar-refractivity contribution in [3.8, 4) is 6.07 Å². The van der Waals surface area contributed by atoms with Crippen molar-refractivity contribution in [1.82, 2.24) is 4.72 Å². The van der Waals surface area contributed by atoms with Gasteiger partial charge >= 0.3 is 0 Å². The van der Waals surface area contributed by atoms with Gasteiger partial charge in [-0.2, -0.15) is 5.26 Å². The summed E-state index contributed by atoms with van der Waals surface area (Å²) in [5.41, 5.74) is 4.75. The molecule has 0 saturated carbocycles. The summed E-state index contributed by atoms with van der Waals surface area (Å²) in [7, 11) is -3.87. The molecule has 0 bridgehead atoms. The summed E-state index contributed by atoms with van der Waals surface area (Å²) >= 11 is 0. The number of nitrogens with two attached hydrogens (primary N) is 1. The van der Waals surface area contributed by atoms with E-state index in [0.717, 1.165) is 6.07 Å². The van der Waals surface area contributed by atoms with E-state index in [0.29, 0.717) is 13.0 Å². The Kier molecular flexibility index (Phi) is 4.57. The van der Waals surface area contributed by atoms with E-state index in [1.165, 1.54) is 12.1 Å². The maximum Gasteiger partial charge on any atom is 0.241 e. The van der Waals surface area contributed by atoms with Crippen LogP contribution >= 0.6 is 0 Å². The Balaban J connectivity index is 3.08. The standard InChI is InChI=1S/C10H12FN3O2S/c11-9-3-1-4-10(8(9)7-13)17(15,16)14-6-2-5-12/h1,3-4,14H,2,5-6,12H2. The van der Waals surface area contributed by atoms with Crippen molar-refractivity contribution < 1.29 is 12.8 Å². The fraction of sp³-hybridized carbons (Fsp3) is 0.300. The first-order valence-electron chi connectivity index (χ1n) is 4.91. The molecule has 0 unspecified atom stereocenters. The van der Waals surface area contributed by atoms with Gasteiger partial charge in [0.05, 0.1) is 0 Å². The molecule has 17 heavy (non-hydrogen) atoms. The number of halogens is 1. The van der Waals surface area contributed by atoms with Crippen LogP contribution in [0.3, 0.4) is 0 Å². The molecule has 1 rings (SSSR count). The van der Waals surface area contributed by atoms with Gasteiger partial charge in [-0.3, -0.25) is 0 Å². The third-order valence-electron chi connectivity index (χ3n) is 2.05. The van der Waals surface area contributed by atoms with E-state index in [1.54, 1.807) is 6.07 Å². The van der Waals surface area contributed by atoms with Crippen molar-refractivity contribution in [2.75, 3.05) is 13.1 Å². The largest absolute Gasteiger partial charge is 0.330 e. The van der Waals surface area contributed by atoms with E-state index in [1.807, 2.05) is 0 Å². The molecule has 1 aromatic carbocycles. The number of nitrogens with one attached hydrogen (secondary N) is 1. The van der Waals surface area contributed by atoms with Gasteiger partial charge in [0, 0.05) is 6.54 Å². The lowest BCUT2D eigenvalue weighted by molar-refractivity contribution is 0.574. The zero-order chi connectivity index (χ0) is 12.9. The number of rotatable bonds is 5. The number of benzene rings is 1. The maximum atomic E-state index is 13.2. The summed E-state index contributed by atoms with van der Waals surface area (Å²) in [6.45, 7) is 0.497. The minimum Gasteiger partial charge on any atom is -0.330 e. The summed E-state index contributed by atoms with van der Waals surface area (Å²) in [5, 5.41) is 8.73. The molecule has 0 amide bonds. The Hall–Kier alpha value is -1.49. The van der Waals surface area contributed by atoms with Crippen LogP contribution < -0.4 is 10.5 Å². The lowest BCUT2D eigenvalue weighted by Crippen LogP contribution is -2.27. The van der Waals surface area contributed by atoms with Crippen molar-refractivity contribution in [3.05, 3.63) is 29.6 Å². The second kappa shape index (κ2) is 5.72. The molecule has 92 valence electrons. The molecule has 0 atom stereocenters. The van der Waals surface area contributed by atoms with E-state index in [2.05, 4.69) is 4.72 Å². The Bertz CT molecular complexity index is 537. The Morgan fingerprint density at radius 2 is 2.18 bits per heavy atom. The summed E-state index contributed by atoms with van der Waals surface area (Å²) in [6.07, 6.45) is 0.469. The SMILES string of the molecule is N#Cc1c(F)cccc1S(=O)(=O)NCCCN. The molecule has 7 heteroatoms. The molecule has 0 saturated heterocycles. The minimum absolute atomic E-state index is 0.153. The predicted octanol–water partition coefficient (Wildman–Crippen LogP) is 0.324. The topological polar surface area (TPSA) is 96.0 Å². The van der Waals surface area contributed by atoms with Gasteiger partial charge in [0.25, 0.3) is 0 Å². The van der Waals surface area contributed by atoms with Gasteiger partial charge < -0.3 is 5.73 Å². The summed E-state index contributed by atoms with van der Waals surface area (Å²) in [5.74, 6) is -0.853. The molecule has 0 fully saturated rings. The van der Waals surface area contributed by atoms with Crippen LogP contribution in [-0.4, -0.2) is 21.5 Å². The fourth-order valence-corrected chi connectivity index (χ4v) is 2.46. The number of nitriles is 1. The Morgan fingerprint density at radius 3 is 2.76 bits per heavy atom. The number of hydrogen-bond acceptors (Lipinski definition) is 4. The average molecular weight is 257 g/mol. The molecular formula is C10H12FN3O2S. The Morgan fingerprint density at radius 1 is 1.47 bits per heavy atom. The van der Waals surface area contributed by atoms with Crippen molar-refractivity contribution >= 4 is 10.0 Å². The quantitative estimate of drug-likeness (QED) is 0.743. The highest BCUT2D eigenvalue weighted by molar-refractivity contribution is 7.89. The first-order valence-corrected chi connectivity index (χ1v) is 6.39. The molecule has 0 aromatic heterocycles. The van der Waals surface area contributed by atoms with Crippen LogP contribution in [0.5, 0.6) is 0 Å². The number of nitrogens with zero attached hydrogens (tertiary/aromatic N) is 1. The van der Waals surface area contributed by atoms with Crippen molar-refractivity contribution in [1.29, 1.82) is 5.26 Å². The molecule has 3 N–H and O–H groups in total. The zero-order valence-electron chi connectivity index (χ0n) is 8.98. The van der Waals surface area contributed by atoms with E-state index >= 15 is 0 Å². The van der Waals surface area contributed by atoms with Crippen LogP contribution in [0.4, 0.5) is 4.39 Å². The van der Waals surface area contributed by atoms with Crippen LogP contribution in [-0.2, 0) is 10.0 Å². The predicted molar refractivity (Wildman–Crippen MR) is 60.0 cm³/mol. The molecule has 0 heterocycles. The van der Waals surface area contributed by atoms with Crippen molar-refractivity contribution in [3.63, 3.8) is 0 Å². The molecule has 1 aromatic rings. The summed E-state index contributed by atoms with van der Waals surface area (Å²) < 4.78 is 39.0. The van der Waals surface area contributed by atoms with Gasteiger partial charge in [0.1, 0.15) is 22.3 Å². The minimum atomic E-state index is -3.87. The van der Waals surface area contributed by atoms with Gasteiger partial charge in [0.15, 0.2) is 0 Å². The van der Waals surface area contributed by atoms with Gasteiger partial charge in [0.2, 0.25) is 10.0 Å². The lowest BCUT2D eigenvalue weighted by atomic mass is 10.2. The van der Waals surface area contributed by atoms with Crippen LogP contribution in [0.1, 0.15) is 12.0 Å². The Labute approximate surface area is 99.1 Å². The molecule has 5 nitrogen and oxygen atoms in total. The maximum absolute atomic E-state index is 13.2. The molecule has 0 radical (unpaired) electrons. The van der Waals surface area contributed by atoms with Gasteiger partial charge in [-0.25, -0.2) is 17.5 Å². The van der Waals surface area contributed by atoms with Crippen LogP contribution in [0.15, 0.2) is 23.1 Å². The van der Waals surface area contributed by atoms with Crippen LogP contribution in [0.25, 0.3) is 0 Å². The highest BCUT2D eigenvalue weighted by Crippen LogP contribution is 2.17. The monoisotopic (exact) mass is 257 g/mol. The van der Waals surface area contributed by atoms with E-state index in [-0.39, 0.29) is 11.4 Å². The molecule has 0 aliphatic heterocycles. The smallest absolute Gasteiger partial charge is 0.241 e. The second-order valence-electron chi connectivity index (χ2n) is 3.26. The van der Waals surface area contributed by atoms with E-state index < -0.39 is 21.4 Å². The normalized spacial score (nSPS) is 11.1. The third-order valence-corrected chi connectivity index (χ3v) is 3.55. The van der Waals surface area contributed by atoms with Crippen molar-refractivity contribution in [2.24, 2.45) is 5.73 Å². The first kappa shape index (κ1) is 13.6. The molecule has 0 aliphatic carbocycles. The van der Waals surface area contributed by atoms with Crippen LogP contribution in [0.2, 0.25) is 0 Å². The van der Waals surface area contributed by atoms with E-state index in [4.69, 9.17) is 11.0 Å². The van der Waals surface area contributed by atoms with Crippen molar-refractivity contribution in [2.45, 2.75) is 11.3 Å². The molecular weight excluding hydrogens is 245 g/mol. The molecule has 0 aliphatic rings. The van der Waals surface area contributed by atoms with Crippen LogP contribution in [0, 0.1) is 17.1 Å². The van der Waals surface area contributed by atoms with Gasteiger partial charge in [-0.1, -0.05) is 6.07 Å². The number of hydrogen-bond donors (Lipinski definition) is 2. The number of sulfonamides is 1. The fourth-order valence-electron chi connectivity index (χ4n) is 1.22. The average Bonchev–Trinajstić information content (AvgIpc) is 2.29.